The molecule has 23 heavy (non-hydrogen) atoms. The van der Waals surface area contributed by atoms with Crippen LogP contribution in [0.25, 0.3) is 11.1 Å². The maximum absolute atomic E-state index is 12.1. The van der Waals surface area contributed by atoms with Crippen molar-refractivity contribution in [2.45, 2.75) is 26.8 Å². The molecule has 1 atom stereocenters. The number of aromatic nitrogens is 1. The van der Waals surface area contributed by atoms with Crippen molar-refractivity contribution in [1.82, 2.24) is 10.3 Å². The second kappa shape index (κ2) is 6.45. The molecule has 2 aromatic rings. The van der Waals surface area contributed by atoms with Crippen molar-refractivity contribution in [3.8, 4) is 0 Å². The maximum atomic E-state index is 12.1. The summed E-state index contributed by atoms with van der Waals surface area (Å²) in [6, 6.07) is 5.07. The number of fused-ring (bicyclic) bond motifs is 1. The van der Waals surface area contributed by atoms with Crippen molar-refractivity contribution in [2.75, 3.05) is 30.9 Å². The van der Waals surface area contributed by atoms with E-state index in [0.717, 1.165) is 5.52 Å². The average molecular weight is 320 g/mol. The molecule has 0 aliphatic heterocycles. The summed E-state index contributed by atoms with van der Waals surface area (Å²) in [7, 11) is 3.69. The lowest BCUT2D eigenvalue weighted by molar-refractivity contribution is 0.162. The summed E-state index contributed by atoms with van der Waals surface area (Å²) in [6.45, 7) is 5.75. The lowest BCUT2D eigenvalue weighted by Gasteiger charge is -2.29. The van der Waals surface area contributed by atoms with Gasteiger partial charge in [0.05, 0.1) is 12.6 Å². The normalized spacial score (nSPS) is 13.0. The average Bonchev–Trinajstić information content (AvgIpc) is 2.87. The molecule has 0 aliphatic carbocycles. The van der Waals surface area contributed by atoms with Crippen LogP contribution in [0.1, 0.15) is 20.8 Å². The van der Waals surface area contributed by atoms with Crippen molar-refractivity contribution >= 4 is 28.8 Å². The summed E-state index contributed by atoms with van der Waals surface area (Å²) in [4.78, 5) is 18.2. The minimum atomic E-state index is -0.370. The van der Waals surface area contributed by atoms with Gasteiger partial charge in [-0.3, -0.25) is 0 Å². The number of benzene rings is 1. The quantitative estimate of drug-likeness (QED) is 0.805. The Hall–Kier alpha value is -2.28. The molecule has 1 aromatic carbocycles. The molecule has 0 spiro atoms. The van der Waals surface area contributed by atoms with Crippen LogP contribution in [-0.4, -0.2) is 42.9 Å². The van der Waals surface area contributed by atoms with E-state index in [9.17, 15) is 9.90 Å². The summed E-state index contributed by atoms with van der Waals surface area (Å²) in [5, 5.41) is 14.9. The predicted octanol–water partition coefficient (Wildman–Crippen LogP) is 2.42. The van der Waals surface area contributed by atoms with Gasteiger partial charge in [-0.2, -0.15) is 4.98 Å². The SMILES string of the molecule is CN(C)c1nc2ccc(NC(=O)N[C@H](CO)C(C)(C)C)cc2o1. The topological polar surface area (TPSA) is 90.6 Å². The number of aliphatic hydroxyl groups excluding tert-OH is 1. The number of hydrogen-bond donors (Lipinski definition) is 3. The second-order valence-corrected chi connectivity index (χ2v) is 6.77. The summed E-state index contributed by atoms with van der Waals surface area (Å²) in [5.74, 6) is 0. The fourth-order valence-corrected chi connectivity index (χ4v) is 2.04. The Bertz CT molecular complexity index is 688. The molecule has 7 nitrogen and oxygen atoms in total. The van der Waals surface area contributed by atoms with E-state index < -0.39 is 0 Å². The Kier molecular flexibility index (Phi) is 4.79. The zero-order valence-electron chi connectivity index (χ0n) is 14.2. The van der Waals surface area contributed by atoms with Gasteiger partial charge in [-0.1, -0.05) is 20.8 Å². The largest absolute Gasteiger partial charge is 0.423 e. The highest BCUT2D eigenvalue weighted by atomic mass is 16.4. The van der Waals surface area contributed by atoms with Crippen LogP contribution in [0, 0.1) is 5.41 Å². The van der Waals surface area contributed by atoms with Gasteiger partial charge in [0.15, 0.2) is 5.58 Å². The third kappa shape index (κ3) is 4.13. The molecule has 0 fully saturated rings. The molecule has 0 unspecified atom stereocenters. The zero-order valence-corrected chi connectivity index (χ0v) is 14.2. The number of nitrogens with one attached hydrogen (secondary N) is 2. The summed E-state index contributed by atoms with van der Waals surface area (Å²) < 4.78 is 5.61. The number of hydrogen-bond acceptors (Lipinski definition) is 5. The molecule has 3 N–H and O–H groups in total. The molecular formula is C16H24N4O3. The standard InChI is InChI=1S/C16H24N4O3/c1-16(2,3)13(9-21)19-14(22)17-10-6-7-11-12(8-10)23-15(18-11)20(4)5/h6-8,13,21H,9H2,1-5H3,(H2,17,19,22)/t13-/m1/s1. The van der Waals surface area contributed by atoms with E-state index >= 15 is 0 Å². The van der Waals surface area contributed by atoms with E-state index in [1.807, 2.05) is 34.9 Å². The number of carbonyl (C=O) groups is 1. The fourth-order valence-electron chi connectivity index (χ4n) is 2.04. The van der Waals surface area contributed by atoms with Crippen molar-refractivity contribution in [2.24, 2.45) is 5.41 Å². The smallest absolute Gasteiger partial charge is 0.319 e. The minimum Gasteiger partial charge on any atom is -0.423 e. The lowest BCUT2D eigenvalue weighted by atomic mass is 9.87. The Labute approximate surface area is 135 Å². The van der Waals surface area contributed by atoms with Gasteiger partial charge < -0.3 is 25.1 Å². The van der Waals surface area contributed by atoms with Crippen LogP contribution in [-0.2, 0) is 0 Å². The summed E-state index contributed by atoms with van der Waals surface area (Å²) in [6.07, 6.45) is 0. The molecule has 7 heteroatoms. The van der Waals surface area contributed by atoms with Crippen LogP contribution >= 0.6 is 0 Å². The number of aliphatic hydroxyl groups is 1. The molecule has 0 saturated carbocycles. The molecule has 2 amide bonds. The molecule has 0 aliphatic rings. The van der Waals surface area contributed by atoms with Crippen molar-refractivity contribution < 1.29 is 14.3 Å². The predicted molar refractivity (Wildman–Crippen MR) is 90.8 cm³/mol. The van der Waals surface area contributed by atoms with Crippen molar-refractivity contribution in [3.63, 3.8) is 0 Å². The molecular weight excluding hydrogens is 296 g/mol. The van der Waals surface area contributed by atoms with Gasteiger partial charge in [-0.25, -0.2) is 4.79 Å². The molecule has 1 aromatic heterocycles. The van der Waals surface area contributed by atoms with Crippen LogP contribution in [0.3, 0.4) is 0 Å². The lowest BCUT2D eigenvalue weighted by Crippen LogP contribution is -2.47. The molecule has 0 saturated heterocycles. The van der Waals surface area contributed by atoms with Gasteiger partial charge in [0.2, 0.25) is 0 Å². The van der Waals surface area contributed by atoms with Gasteiger partial charge in [0.1, 0.15) is 5.52 Å². The number of nitrogens with zero attached hydrogens (tertiary/aromatic N) is 2. The van der Waals surface area contributed by atoms with E-state index in [4.69, 9.17) is 4.42 Å². The minimum absolute atomic E-state index is 0.121. The first-order chi connectivity index (χ1) is 10.7. The van der Waals surface area contributed by atoms with Gasteiger partial charge in [-0.05, 0) is 17.5 Å². The first-order valence-electron chi connectivity index (χ1n) is 7.47. The van der Waals surface area contributed by atoms with Crippen LogP contribution in [0.15, 0.2) is 22.6 Å². The van der Waals surface area contributed by atoms with E-state index in [-0.39, 0.29) is 24.1 Å². The fraction of sp³-hybridized carbons (Fsp3) is 0.500. The first-order valence-corrected chi connectivity index (χ1v) is 7.47. The van der Waals surface area contributed by atoms with Crippen LogP contribution in [0.2, 0.25) is 0 Å². The summed E-state index contributed by atoms with van der Waals surface area (Å²) in [5.41, 5.74) is 1.69. The van der Waals surface area contributed by atoms with Crippen LogP contribution in [0.4, 0.5) is 16.5 Å². The Balaban J connectivity index is 2.10. The van der Waals surface area contributed by atoms with Gasteiger partial charge in [0, 0.05) is 25.8 Å². The third-order valence-electron chi connectivity index (χ3n) is 3.55. The van der Waals surface area contributed by atoms with Gasteiger partial charge in [0.25, 0.3) is 6.01 Å². The number of anilines is 2. The second-order valence-electron chi connectivity index (χ2n) is 6.77. The summed E-state index contributed by atoms with van der Waals surface area (Å²) >= 11 is 0. The molecule has 0 bridgehead atoms. The Morgan fingerprint density at radius 1 is 1.39 bits per heavy atom. The number of oxazole rings is 1. The molecule has 0 radical (unpaired) electrons. The number of carbonyl (C=O) groups excluding carboxylic acids is 1. The van der Waals surface area contributed by atoms with Crippen LogP contribution < -0.4 is 15.5 Å². The van der Waals surface area contributed by atoms with E-state index in [1.54, 1.807) is 23.1 Å². The van der Waals surface area contributed by atoms with Gasteiger partial charge in [-0.15, -0.1) is 0 Å². The number of rotatable bonds is 4. The molecule has 126 valence electrons. The van der Waals surface area contributed by atoms with E-state index in [2.05, 4.69) is 15.6 Å². The highest BCUT2D eigenvalue weighted by molar-refractivity contribution is 5.91. The highest BCUT2D eigenvalue weighted by Crippen LogP contribution is 2.24. The maximum Gasteiger partial charge on any atom is 0.319 e. The van der Waals surface area contributed by atoms with E-state index in [0.29, 0.717) is 17.3 Å². The Morgan fingerprint density at radius 2 is 2.09 bits per heavy atom. The molecule has 2 rings (SSSR count). The van der Waals surface area contributed by atoms with Gasteiger partial charge >= 0.3 is 6.03 Å². The zero-order chi connectivity index (χ0) is 17.2. The van der Waals surface area contributed by atoms with Crippen molar-refractivity contribution in [3.05, 3.63) is 18.2 Å². The monoisotopic (exact) mass is 320 g/mol. The molecule has 1 heterocycles. The number of amides is 2. The van der Waals surface area contributed by atoms with Crippen molar-refractivity contribution in [1.29, 1.82) is 0 Å². The van der Waals surface area contributed by atoms with Crippen LogP contribution in [0.5, 0.6) is 0 Å². The number of urea groups is 1. The Morgan fingerprint density at radius 3 is 2.65 bits per heavy atom. The first kappa shape index (κ1) is 17.1. The third-order valence-corrected chi connectivity index (χ3v) is 3.55. The van der Waals surface area contributed by atoms with E-state index in [1.165, 1.54) is 0 Å². The highest BCUT2D eigenvalue weighted by Gasteiger charge is 2.25.